The average molecular weight is 406 g/mol. The Balaban J connectivity index is 1.70. The Morgan fingerprint density at radius 1 is 1.32 bits per heavy atom. The molecule has 0 aliphatic carbocycles. The van der Waals surface area contributed by atoms with E-state index in [4.69, 9.17) is 0 Å². The van der Waals surface area contributed by atoms with Crippen molar-refractivity contribution >= 4 is 15.9 Å². The molecule has 1 aromatic carbocycles. The van der Waals surface area contributed by atoms with Gasteiger partial charge in [0.1, 0.15) is 12.7 Å². The fourth-order valence-corrected chi connectivity index (χ4v) is 5.11. The molecule has 0 saturated carbocycles. The van der Waals surface area contributed by atoms with E-state index in [0.29, 0.717) is 32.4 Å². The summed E-state index contributed by atoms with van der Waals surface area (Å²) in [5.41, 5.74) is 0.970. The summed E-state index contributed by atoms with van der Waals surface area (Å²) in [4.78, 5) is 16.9. The van der Waals surface area contributed by atoms with E-state index in [-0.39, 0.29) is 30.2 Å². The molecule has 0 radical (unpaired) electrons. The van der Waals surface area contributed by atoms with Crippen LogP contribution in [0.1, 0.15) is 37.8 Å². The van der Waals surface area contributed by atoms with Crippen molar-refractivity contribution < 1.29 is 13.2 Å². The Morgan fingerprint density at radius 3 is 2.79 bits per heavy atom. The first-order valence-electron chi connectivity index (χ1n) is 9.65. The van der Waals surface area contributed by atoms with E-state index in [9.17, 15) is 13.2 Å². The maximum Gasteiger partial charge on any atom is 0.224 e. The molecule has 2 heterocycles. The van der Waals surface area contributed by atoms with E-state index in [1.165, 1.54) is 10.6 Å². The van der Waals surface area contributed by atoms with Gasteiger partial charge in [0.25, 0.3) is 0 Å². The summed E-state index contributed by atoms with van der Waals surface area (Å²) < 4.78 is 27.9. The number of nitrogens with zero attached hydrogens (tertiary/aromatic N) is 4. The van der Waals surface area contributed by atoms with Crippen LogP contribution in [0, 0.1) is 5.92 Å². The number of carbonyl (C=O) groups excluding carboxylic acids is 1. The predicted molar refractivity (Wildman–Crippen MR) is 106 cm³/mol. The van der Waals surface area contributed by atoms with Crippen molar-refractivity contribution in [3.63, 3.8) is 0 Å². The minimum Gasteiger partial charge on any atom is -0.347 e. The lowest BCUT2D eigenvalue weighted by atomic mass is 9.97. The molecule has 2 aromatic rings. The van der Waals surface area contributed by atoms with E-state index in [1.54, 1.807) is 11.0 Å². The third-order valence-corrected chi connectivity index (χ3v) is 7.01. The van der Waals surface area contributed by atoms with Gasteiger partial charge in [0, 0.05) is 13.1 Å². The molecular weight excluding hydrogens is 378 g/mol. The quantitative estimate of drug-likeness (QED) is 0.719. The molecule has 152 valence electrons. The normalized spacial score (nSPS) is 19.2. The Morgan fingerprint density at radius 2 is 2.11 bits per heavy atom. The van der Waals surface area contributed by atoms with Crippen molar-refractivity contribution in [3.8, 4) is 0 Å². The zero-order valence-electron chi connectivity index (χ0n) is 16.1. The van der Waals surface area contributed by atoms with Gasteiger partial charge in [-0.15, -0.1) is 0 Å². The highest BCUT2D eigenvalue weighted by atomic mass is 32.2. The summed E-state index contributed by atoms with van der Waals surface area (Å²) in [6, 6.07) is 9.43. The van der Waals surface area contributed by atoms with Crippen LogP contribution in [0.2, 0.25) is 0 Å². The molecular formula is C19H27N5O3S. The Bertz CT molecular complexity index is 855. The summed E-state index contributed by atoms with van der Waals surface area (Å²) >= 11 is 0. The van der Waals surface area contributed by atoms with Crippen molar-refractivity contribution in [1.29, 1.82) is 0 Å². The SMILES string of the molecule is CCCS(=O)(=O)N1CCCC(C(=O)NC(Cn2cncn2)c2ccccc2)C1. The van der Waals surface area contributed by atoms with Crippen molar-refractivity contribution in [2.24, 2.45) is 5.92 Å². The number of amides is 1. The van der Waals surface area contributed by atoms with Crippen LogP contribution in [0.15, 0.2) is 43.0 Å². The zero-order chi connectivity index (χ0) is 20.0. The molecule has 2 unspecified atom stereocenters. The number of sulfonamides is 1. The Hall–Kier alpha value is -2.26. The first kappa shape index (κ1) is 20.5. The second-order valence-corrected chi connectivity index (χ2v) is 9.19. The molecule has 1 amide bonds. The van der Waals surface area contributed by atoms with Gasteiger partial charge in [-0.05, 0) is 24.8 Å². The molecule has 8 nitrogen and oxygen atoms in total. The highest BCUT2D eigenvalue weighted by molar-refractivity contribution is 7.89. The third-order valence-electron chi connectivity index (χ3n) is 4.97. The lowest BCUT2D eigenvalue weighted by molar-refractivity contribution is -0.127. The van der Waals surface area contributed by atoms with E-state index < -0.39 is 10.0 Å². The van der Waals surface area contributed by atoms with Gasteiger partial charge < -0.3 is 5.32 Å². The number of aromatic nitrogens is 3. The molecule has 1 N–H and O–H groups in total. The molecule has 28 heavy (non-hydrogen) atoms. The molecule has 0 bridgehead atoms. The van der Waals surface area contributed by atoms with E-state index in [2.05, 4.69) is 15.4 Å². The Labute approximate surface area is 166 Å². The smallest absolute Gasteiger partial charge is 0.224 e. The maximum absolute atomic E-state index is 13.0. The van der Waals surface area contributed by atoms with Gasteiger partial charge in [0.05, 0.1) is 24.3 Å². The van der Waals surface area contributed by atoms with E-state index >= 15 is 0 Å². The molecule has 2 atom stereocenters. The summed E-state index contributed by atoms with van der Waals surface area (Å²) in [6.45, 7) is 3.05. The van der Waals surface area contributed by atoms with Crippen LogP contribution in [-0.2, 0) is 21.4 Å². The summed E-state index contributed by atoms with van der Waals surface area (Å²) in [6.07, 6.45) is 5.03. The van der Waals surface area contributed by atoms with Crippen molar-refractivity contribution in [1.82, 2.24) is 24.4 Å². The van der Waals surface area contributed by atoms with Gasteiger partial charge >= 0.3 is 0 Å². The van der Waals surface area contributed by atoms with Crippen LogP contribution in [0.5, 0.6) is 0 Å². The minimum absolute atomic E-state index is 0.120. The van der Waals surface area contributed by atoms with Gasteiger partial charge in [-0.25, -0.2) is 17.7 Å². The van der Waals surface area contributed by atoms with E-state index in [1.807, 2.05) is 37.3 Å². The van der Waals surface area contributed by atoms with Gasteiger partial charge in [-0.2, -0.15) is 5.10 Å². The molecule has 1 fully saturated rings. The number of hydrogen-bond acceptors (Lipinski definition) is 5. The maximum atomic E-state index is 13.0. The first-order valence-corrected chi connectivity index (χ1v) is 11.3. The highest BCUT2D eigenvalue weighted by Gasteiger charge is 2.32. The number of hydrogen-bond donors (Lipinski definition) is 1. The Kier molecular flexibility index (Phi) is 6.79. The fourth-order valence-electron chi connectivity index (χ4n) is 3.52. The van der Waals surface area contributed by atoms with Crippen LogP contribution in [0.25, 0.3) is 0 Å². The fraction of sp³-hybridized carbons (Fsp3) is 0.526. The molecule has 1 aromatic heterocycles. The van der Waals surface area contributed by atoms with Crippen LogP contribution in [0.3, 0.4) is 0 Å². The molecule has 1 aliphatic rings. The molecule has 1 aliphatic heterocycles. The summed E-state index contributed by atoms with van der Waals surface area (Å²) in [7, 11) is -3.29. The number of nitrogens with one attached hydrogen (secondary N) is 1. The van der Waals surface area contributed by atoms with Crippen LogP contribution < -0.4 is 5.32 Å². The van der Waals surface area contributed by atoms with Crippen LogP contribution >= 0.6 is 0 Å². The third kappa shape index (κ3) is 5.17. The molecule has 1 saturated heterocycles. The second kappa shape index (κ2) is 9.29. The van der Waals surface area contributed by atoms with Gasteiger partial charge in [-0.1, -0.05) is 37.3 Å². The number of benzene rings is 1. The standard InChI is InChI=1S/C19H27N5O3S/c1-2-11-28(26,27)24-10-6-9-17(12-24)19(25)22-18(13-23-15-20-14-21-23)16-7-4-3-5-8-16/h3-5,7-8,14-15,17-18H,2,6,9-13H2,1H3,(H,22,25). The van der Waals surface area contributed by atoms with E-state index in [0.717, 1.165) is 5.56 Å². The lowest BCUT2D eigenvalue weighted by Gasteiger charge is -2.32. The highest BCUT2D eigenvalue weighted by Crippen LogP contribution is 2.22. The van der Waals surface area contributed by atoms with Gasteiger partial charge in [0.2, 0.25) is 15.9 Å². The predicted octanol–water partition coefficient (Wildman–Crippen LogP) is 1.59. The van der Waals surface area contributed by atoms with Gasteiger partial charge in [0.15, 0.2) is 0 Å². The van der Waals surface area contributed by atoms with Gasteiger partial charge in [-0.3, -0.25) is 9.48 Å². The number of carbonyl (C=O) groups is 1. The lowest BCUT2D eigenvalue weighted by Crippen LogP contribution is -2.47. The largest absolute Gasteiger partial charge is 0.347 e. The summed E-state index contributed by atoms with van der Waals surface area (Å²) in [5.74, 6) is -0.340. The first-order chi connectivity index (χ1) is 13.5. The average Bonchev–Trinajstić information content (AvgIpc) is 3.21. The second-order valence-electron chi connectivity index (χ2n) is 7.10. The minimum atomic E-state index is -3.29. The monoisotopic (exact) mass is 405 g/mol. The van der Waals surface area contributed by atoms with Crippen LogP contribution in [-0.4, -0.2) is 52.2 Å². The number of rotatable bonds is 8. The van der Waals surface area contributed by atoms with Crippen LogP contribution in [0.4, 0.5) is 0 Å². The molecule has 0 spiro atoms. The van der Waals surface area contributed by atoms with Crippen molar-refractivity contribution in [2.75, 3.05) is 18.8 Å². The molecule has 9 heteroatoms. The molecule has 3 rings (SSSR count). The summed E-state index contributed by atoms with van der Waals surface area (Å²) in [5, 5.41) is 7.23. The van der Waals surface area contributed by atoms with Crippen molar-refractivity contribution in [2.45, 2.75) is 38.8 Å². The topological polar surface area (TPSA) is 97.2 Å². The zero-order valence-corrected chi connectivity index (χ0v) is 16.9. The number of piperidine rings is 1. The van der Waals surface area contributed by atoms with Crippen molar-refractivity contribution in [3.05, 3.63) is 48.5 Å².